The second-order valence-electron chi connectivity index (χ2n) is 2.54. The van der Waals surface area contributed by atoms with E-state index in [4.69, 9.17) is 5.11 Å². The first-order valence-electron chi connectivity index (χ1n) is 3.80. The van der Waals surface area contributed by atoms with Gasteiger partial charge in [-0.25, -0.2) is 0 Å². The molecule has 1 amide bonds. The summed E-state index contributed by atoms with van der Waals surface area (Å²) in [6, 6.07) is 5.17. The highest BCUT2D eigenvalue weighted by molar-refractivity contribution is 9.10. The Labute approximate surface area is 84.9 Å². The summed E-state index contributed by atoms with van der Waals surface area (Å²) < 4.78 is 0.851. The molecule has 0 aliphatic rings. The summed E-state index contributed by atoms with van der Waals surface area (Å²) in [7, 11) is 1.56. The van der Waals surface area contributed by atoms with Crippen LogP contribution in [0.5, 0.6) is 0 Å². The molecule has 70 valence electrons. The van der Waals surface area contributed by atoms with Gasteiger partial charge in [0, 0.05) is 17.1 Å². The quantitative estimate of drug-likeness (QED) is 0.823. The summed E-state index contributed by atoms with van der Waals surface area (Å²) in [6.45, 7) is -0.137. The van der Waals surface area contributed by atoms with Gasteiger partial charge in [0.25, 0.3) is 5.91 Å². The predicted molar refractivity (Wildman–Crippen MR) is 53.5 cm³/mol. The Balaban J connectivity index is 3.13. The lowest BCUT2D eigenvalue weighted by atomic mass is 10.1. The smallest absolute Gasteiger partial charge is 0.251 e. The third-order valence-electron chi connectivity index (χ3n) is 1.71. The van der Waals surface area contributed by atoms with Gasteiger partial charge in [0.1, 0.15) is 0 Å². The van der Waals surface area contributed by atoms with Crippen molar-refractivity contribution in [2.24, 2.45) is 0 Å². The van der Waals surface area contributed by atoms with Gasteiger partial charge in [0.2, 0.25) is 0 Å². The zero-order chi connectivity index (χ0) is 9.84. The predicted octanol–water partition coefficient (Wildman–Crippen LogP) is 1.30. The molecule has 0 fully saturated rings. The molecule has 2 N–H and O–H groups in total. The molecule has 3 nitrogen and oxygen atoms in total. The second-order valence-corrected chi connectivity index (χ2v) is 3.45. The van der Waals surface area contributed by atoms with Crippen molar-refractivity contribution < 1.29 is 9.90 Å². The number of carbonyl (C=O) groups is 1. The molecule has 1 aromatic carbocycles. The number of amides is 1. The van der Waals surface area contributed by atoms with E-state index < -0.39 is 0 Å². The molecule has 0 saturated carbocycles. The van der Waals surface area contributed by atoms with Crippen LogP contribution in [0.25, 0.3) is 0 Å². The lowest BCUT2D eigenvalue weighted by Gasteiger charge is -2.05. The molecule has 0 bridgehead atoms. The van der Waals surface area contributed by atoms with Crippen LogP contribution in [0.15, 0.2) is 22.7 Å². The van der Waals surface area contributed by atoms with Gasteiger partial charge in [0.15, 0.2) is 0 Å². The van der Waals surface area contributed by atoms with E-state index in [-0.39, 0.29) is 12.5 Å². The Morgan fingerprint density at radius 3 is 2.85 bits per heavy atom. The molecule has 4 heteroatoms. The molecule has 0 atom stereocenters. The zero-order valence-corrected chi connectivity index (χ0v) is 8.76. The van der Waals surface area contributed by atoms with Crippen LogP contribution in [0, 0.1) is 0 Å². The van der Waals surface area contributed by atoms with Crippen molar-refractivity contribution in [3.05, 3.63) is 33.8 Å². The van der Waals surface area contributed by atoms with Crippen LogP contribution in [0.3, 0.4) is 0 Å². The molecule has 0 heterocycles. The van der Waals surface area contributed by atoms with E-state index in [1.54, 1.807) is 25.2 Å². The first kappa shape index (κ1) is 10.2. The van der Waals surface area contributed by atoms with E-state index in [0.717, 1.165) is 4.47 Å². The first-order chi connectivity index (χ1) is 6.19. The van der Waals surface area contributed by atoms with Crippen molar-refractivity contribution in [1.82, 2.24) is 5.32 Å². The summed E-state index contributed by atoms with van der Waals surface area (Å²) in [6.07, 6.45) is 0. The number of halogens is 1. The van der Waals surface area contributed by atoms with Crippen LogP contribution in [-0.2, 0) is 6.61 Å². The summed E-state index contributed by atoms with van der Waals surface area (Å²) in [5, 5.41) is 11.5. The standard InChI is InChI=1S/C9H10BrNO2/c1-11-9(13)8-3-2-7(10)4-6(8)5-12/h2-4,12H,5H2,1H3,(H,11,13). The van der Waals surface area contributed by atoms with Crippen molar-refractivity contribution >= 4 is 21.8 Å². The molecule has 13 heavy (non-hydrogen) atoms. The fourth-order valence-corrected chi connectivity index (χ4v) is 1.46. The van der Waals surface area contributed by atoms with E-state index in [1.165, 1.54) is 0 Å². The van der Waals surface area contributed by atoms with Gasteiger partial charge in [0.05, 0.1) is 6.61 Å². The maximum absolute atomic E-state index is 11.3. The number of benzene rings is 1. The van der Waals surface area contributed by atoms with Gasteiger partial charge >= 0.3 is 0 Å². The molecule has 0 unspecified atom stereocenters. The minimum atomic E-state index is -0.184. The summed E-state index contributed by atoms with van der Waals surface area (Å²) in [4.78, 5) is 11.3. The number of aliphatic hydroxyl groups excluding tert-OH is 1. The number of hydrogen-bond donors (Lipinski definition) is 2. The van der Waals surface area contributed by atoms with Gasteiger partial charge < -0.3 is 10.4 Å². The number of carbonyl (C=O) groups excluding carboxylic acids is 1. The molecule has 1 aromatic rings. The third-order valence-corrected chi connectivity index (χ3v) is 2.20. The minimum absolute atomic E-state index is 0.137. The van der Waals surface area contributed by atoms with E-state index in [1.807, 2.05) is 0 Å². The highest BCUT2D eigenvalue weighted by atomic mass is 79.9. The molecule has 0 saturated heterocycles. The van der Waals surface area contributed by atoms with Gasteiger partial charge in [-0.15, -0.1) is 0 Å². The highest BCUT2D eigenvalue weighted by Crippen LogP contribution is 2.16. The van der Waals surface area contributed by atoms with E-state index in [2.05, 4.69) is 21.2 Å². The maximum Gasteiger partial charge on any atom is 0.251 e. The Kier molecular flexibility index (Phi) is 3.45. The Morgan fingerprint density at radius 1 is 1.62 bits per heavy atom. The fraction of sp³-hybridized carbons (Fsp3) is 0.222. The Bertz CT molecular complexity index is 325. The SMILES string of the molecule is CNC(=O)c1ccc(Br)cc1CO. The second kappa shape index (κ2) is 4.39. The lowest BCUT2D eigenvalue weighted by molar-refractivity contribution is 0.0960. The van der Waals surface area contributed by atoms with Crippen LogP contribution in [-0.4, -0.2) is 18.1 Å². The van der Waals surface area contributed by atoms with Gasteiger partial charge in [-0.2, -0.15) is 0 Å². The van der Waals surface area contributed by atoms with Crippen molar-refractivity contribution in [2.75, 3.05) is 7.05 Å². The van der Waals surface area contributed by atoms with E-state index in [0.29, 0.717) is 11.1 Å². The molecule has 0 aliphatic carbocycles. The number of rotatable bonds is 2. The number of nitrogens with one attached hydrogen (secondary N) is 1. The first-order valence-corrected chi connectivity index (χ1v) is 4.59. The Morgan fingerprint density at radius 2 is 2.31 bits per heavy atom. The topological polar surface area (TPSA) is 49.3 Å². The van der Waals surface area contributed by atoms with Crippen molar-refractivity contribution in [3.8, 4) is 0 Å². The zero-order valence-electron chi connectivity index (χ0n) is 7.17. The highest BCUT2D eigenvalue weighted by Gasteiger charge is 2.08. The van der Waals surface area contributed by atoms with Gasteiger partial charge in [-0.3, -0.25) is 4.79 Å². The number of aliphatic hydroxyl groups is 1. The van der Waals surface area contributed by atoms with Crippen LogP contribution in [0.1, 0.15) is 15.9 Å². The van der Waals surface area contributed by atoms with Crippen LogP contribution in [0.2, 0.25) is 0 Å². The van der Waals surface area contributed by atoms with E-state index in [9.17, 15) is 4.79 Å². The Hall–Kier alpha value is -0.870. The summed E-state index contributed by atoms with van der Waals surface area (Å²) in [5.41, 5.74) is 1.13. The van der Waals surface area contributed by atoms with Crippen molar-refractivity contribution in [1.29, 1.82) is 0 Å². The average molecular weight is 244 g/mol. The van der Waals surface area contributed by atoms with Crippen LogP contribution < -0.4 is 5.32 Å². The molecule has 0 radical (unpaired) electrons. The molecule has 0 aliphatic heterocycles. The monoisotopic (exact) mass is 243 g/mol. The average Bonchev–Trinajstić information content (AvgIpc) is 2.16. The van der Waals surface area contributed by atoms with Crippen LogP contribution >= 0.6 is 15.9 Å². The lowest BCUT2D eigenvalue weighted by Crippen LogP contribution is -2.19. The maximum atomic E-state index is 11.3. The normalized spacial score (nSPS) is 9.77. The molecule has 1 rings (SSSR count). The molecular formula is C9H10BrNO2. The molecule has 0 spiro atoms. The van der Waals surface area contributed by atoms with Gasteiger partial charge in [-0.1, -0.05) is 15.9 Å². The van der Waals surface area contributed by atoms with Crippen molar-refractivity contribution in [2.45, 2.75) is 6.61 Å². The van der Waals surface area contributed by atoms with Crippen molar-refractivity contribution in [3.63, 3.8) is 0 Å². The largest absolute Gasteiger partial charge is 0.392 e. The third kappa shape index (κ3) is 2.29. The minimum Gasteiger partial charge on any atom is -0.392 e. The summed E-state index contributed by atoms with van der Waals surface area (Å²) in [5.74, 6) is -0.184. The van der Waals surface area contributed by atoms with E-state index >= 15 is 0 Å². The van der Waals surface area contributed by atoms with Crippen LogP contribution in [0.4, 0.5) is 0 Å². The van der Waals surface area contributed by atoms with Gasteiger partial charge in [-0.05, 0) is 23.8 Å². The fourth-order valence-electron chi connectivity index (χ4n) is 1.05. The molecule has 0 aromatic heterocycles. The number of hydrogen-bond acceptors (Lipinski definition) is 2. The summed E-state index contributed by atoms with van der Waals surface area (Å²) >= 11 is 3.27. The molecular weight excluding hydrogens is 234 g/mol.